The van der Waals surface area contributed by atoms with Crippen LogP contribution >= 0.6 is 11.8 Å². The molecule has 3 N–H and O–H groups in total. The molecule has 0 fully saturated rings. The van der Waals surface area contributed by atoms with Crippen molar-refractivity contribution in [2.24, 2.45) is 12.8 Å². The molecular formula is C13H15FN4O2S. The second-order valence-electron chi connectivity index (χ2n) is 4.71. The minimum atomic E-state index is -0.902. The fourth-order valence-electron chi connectivity index (χ4n) is 1.82. The van der Waals surface area contributed by atoms with Crippen LogP contribution in [0.1, 0.15) is 12.5 Å². The summed E-state index contributed by atoms with van der Waals surface area (Å²) in [6.45, 7) is 1.83. The first-order chi connectivity index (χ1) is 9.88. The smallest absolute Gasteiger partial charge is 0.328 e. The van der Waals surface area contributed by atoms with Crippen LogP contribution in [0.2, 0.25) is 0 Å². The number of hydrogen-bond donors (Lipinski definition) is 2. The van der Waals surface area contributed by atoms with E-state index in [0.717, 1.165) is 17.3 Å². The van der Waals surface area contributed by atoms with Crippen molar-refractivity contribution < 1.29 is 4.39 Å². The molecule has 6 nitrogen and oxygen atoms in total. The molecule has 0 aliphatic heterocycles. The van der Waals surface area contributed by atoms with Gasteiger partial charge in [-0.2, -0.15) is 4.98 Å². The molecular weight excluding hydrogens is 295 g/mol. The van der Waals surface area contributed by atoms with Gasteiger partial charge in [0.15, 0.2) is 5.16 Å². The maximum atomic E-state index is 14.0. The van der Waals surface area contributed by atoms with Gasteiger partial charge in [0.2, 0.25) is 0 Å². The molecule has 0 amide bonds. The Morgan fingerprint density at radius 2 is 2.19 bits per heavy atom. The quantitative estimate of drug-likeness (QED) is 0.809. The summed E-state index contributed by atoms with van der Waals surface area (Å²) >= 11 is 0.983. The van der Waals surface area contributed by atoms with Crippen molar-refractivity contribution in [1.29, 1.82) is 0 Å². The number of aromatic nitrogens is 3. The van der Waals surface area contributed by atoms with Gasteiger partial charge in [0, 0.05) is 13.1 Å². The standard InChI is InChI=1S/C13H15FN4O2S/c1-7(15)6-8-4-3-5-9(14)10(8)21-13-16-11(19)12(20)17-18(13)2/h3-5,7H,6,15H2,1-2H3,(H,17,20). The molecule has 1 aromatic heterocycles. The average molecular weight is 310 g/mol. The number of benzene rings is 1. The fourth-order valence-corrected chi connectivity index (χ4v) is 2.76. The second kappa shape index (κ2) is 6.23. The zero-order valence-electron chi connectivity index (χ0n) is 11.6. The van der Waals surface area contributed by atoms with E-state index in [4.69, 9.17) is 5.73 Å². The zero-order chi connectivity index (χ0) is 15.6. The molecule has 8 heteroatoms. The summed E-state index contributed by atoms with van der Waals surface area (Å²) in [5.74, 6) is -0.418. The van der Waals surface area contributed by atoms with Crippen molar-refractivity contribution in [3.8, 4) is 0 Å². The number of nitrogens with one attached hydrogen (secondary N) is 1. The monoisotopic (exact) mass is 310 g/mol. The number of rotatable bonds is 4. The highest BCUT2D eigenvalue weighted by atomic mass is 32.2. The number of hydrogen-bond acceptors (Lipinski definition) is 5. The SMILES string of the molecule is CC(N)Cc1cccc(F)c1Sc1nc(=O)c(=O)[nH]n1C. The molecule has 1 aromatic carbocycles. The number of aryl methyl sites for hydroxylation is 1. The molecule has 1 atom stereocenters. The number of nitrogens with two attached hydrogens (primary N) is 1. The van der Waals surface area contributed by atoms with Crippen LogP contribution in [0.25, 0.3) is 0 Å². The van der Waals surface area contributed by atoms with Gasteiger partial charge in [0.1, 0.15) is 5.82 Å². The Balaban J connectivity index is 2.46. The van der Waals surface area contributed by atoms with Crippen LogP contribution in [0, 0.1) is 5.82 Å². The van der Waals surface area contributed by atoms with Gasteiger partial charge in [0.05, 0.1) is 4.90 Å². The summed E-state index contributed by atoms with van der Waals surface area (Å²) in [6, 6.07) is 4.59. The van der Waals surface area contributed by atoms with E-state index in [1.54, 1.807) is 12.1 Å². The molecule has 0 saturated carbocycles. The third kappa shape index (κ3) is 3.59. The lowest BCUT2D eigenvalue weighted by atomic mass is 10.1. The van der Waals surface area contributed by atoms with E-state index in [9.17, 15) is 14.0 Å². The van der Waals surface area contributed by atoms with Gasteiger partial charge in [-0.1, -0.05) is 12.1 Å². The molecule has 0 radical (unpaired) electrons. The number of halogens is 1. The van der Waals surface area contributed by atoms with Crippen molar-refractivity contribution in [3.63, 3.8) is 0 Å². The Kier molecular flexibility index (Phi) is 4.59. The highest BCUT2D eigenvalue weighted by Crippen LogP contribution is 2.31. The molecule has 112 valence electrons. The van der Waals surface area contributed by atoms with Crippen LogP contribution < -0.4 is 16.9 Å². The predicted molar refractivity (Wildman–Crippen MR) is 78.0 cm³/mol. The molecule has 0 bridgehead atoms. The normalized spacial score (nSPS) is 12.4. The Hall–Kier alpha value is -1.93. The van der Waals surface area contributed by atoms with E-state index in [2.05, 4.69) is 10.1 Å². The summed E-state index contributed by atoms with van der Waals surface area (Å²) in [7, 11) is 1.53. The van der Waals surface area contributed by atoms with Crippen LogP contribution in [-0.2, 0) is 13.5 Å². The molecule has 2 rings (SSSR count). The third-order valence-corrected chi connectivity index (χ3v) is 3.94. The van der Waals surface area contributed by atoms with Crippen molar-refractivity contribution in [3.05, 3.63) is 50.3 Å². The Morgan fingerprint density at radius 1 is 1.48 bits per heavy atom. The number of aromatic amines is 1. The minimum absolute atomic E-state index is 0.126. The number of H-pyrrole nitrogens is 1. The van der Waals surface area contributed by atoms with Gasteiger partial charge in [0.25, 0.3) is 0 Å². The van der Waals surface area contributed by atoms with E-state index in [0.29, 0.717) is 11.3 Å². The van der Waals surface area contributed by atoms with Gasteiger partial charge in [-0.25, -0.2) is 4.39 Å². The molecule has 21 heavy (non-hydrogen) atoms. The molecule has 1 unspecified atom stereocenters. The van der Waals surface area contributed by atoms with Crippen molar-refractivity contribution in [2.75, 3.05) is 0 Å². The van der Waals surface area contributed by atoms with Crippen LogP contribution in [0.3, 0.4) is 0 Å². The van der Waals surface area contributed by atoms with Gasteiger partial charge < -0.3 is 5.73 Å². The minimum Gasteiger partial charge on any atom is -0.328 e. The van der Waals surface area contributed by atoms with Crippen LogP contribution in [-0.4, -0.2) is 20.8 Å². The van der Waals surface area contributed by atoms with E-state index >= 15 is 0 Å². The molecule has 0 saturated heterocycles. The van der Waals surface area contributed by atoms with Gasteiger partial charge in [-0.15, -0.1) is 0 Å². The van der Waals surface area contributed by atoms with Gasteiger partial charge >= 0.3 is 11.1 Å². The average Bonchev–Trinajstić information content (AvgIpc) is 2.39. The third-order valence-electron chi connectivity index (χ3n) is 2.73. The van der Waals surface area contributed by atoms with Gasteiger partial charge in [-0.3, -0.25) is 19.4 Å². The summed E-state index contributed by atoms with van der Waals surface area (Å²) in [5, 5.41) is 2.53. The fraction of sp³-hybridized carbons (Fsp3) is 0.308. The first-order valence-electron chi connectivity index (χ1n) is 6.26. The Morgan fingerprint density at radius 3 is 2.86 bits per heavy atom. The van der Waals surface area contributed by atoms with Crippen LogP contribution in [0.5, 0.6) is 0 Å². The van der Waals surface area contributed by atoms with Crippen molar-refractivity contribution in [1.82, 2.24) is 14.8 Å². The van der Waals surface area contributed by atoms with Crippen molar-refractivity contribution in [2.45, 2.75) is 29.4 Å². The van der Waals surface area contributed by atoms with E-state index in [1.807, 2.05) is 6.92 Å². The summed E-state index contributed by atoms with van der Waals surface area (Å²) in [4.78, 5) is 26.5. The van der Waals surface area contributed by atoms with Gasteiger partial charge in [-0.05, 0) is 36.7 Å². The number of nitrogens with zero attached hydrogens (tertiary/aromatic N) is 2. The van der Waals surface area contributed by atoms with Crippen LogP contribution in [0.4, 0.5) is 4.39 Å². The molecule has 0 spiro atoms. The Labute approximate surface area is 124 Å². The van der Waals surface area contributed by atoms with Crippen molar-refractivity contribution >= 4 is 11.8 Å². The van der Waals surface area contributed by atoms with E-state index in [1.165, 1.54) is 17.8 Å². The Bertz CT molecular complexity index is 769. The molecule has 0 aliphatic carbocycles. The lowest BCUT2D eigenvalue weighted by Crippen LogP contribution is -2.33. The summed E-state index contributed by atoms with van der Waals surface area (Å²) in [5.41, 5.74) is 4.78. The predicted octanol–water partition coefficient (Wildman–Crippen LogP) is 0.649. The summed E-state index contributed by atoms with van der Waals surface area (Å²) < 4.78 is 15.3. The first kappa shape index (κ1) is 15.5. The summed E-state index contributed by atoms with van der Waals surface area (Å²) in [6.07, 6.45) is 0.497. The zero-order valence-corrected chi connectivity index (χ0v) is 12.4. The highest BCUT2D eigenvalue weighted by Gasteiger charge is 2.14. The lowest BCUT2D eigenvalue weighted by molar-refractivity contribution is 0.582. The maximum Gasteiger partial charge on any atom is 0.339 e. The highest BCUT2D eigenvalue weighted by molar-refractivity contribution is 7.99. The molecule has 0 aliphatic rings. The topological polar surface area (TPSA) is 93.8 Å². The second-order valence-corrected chi connectivity index (χ2v) is 5.69. The van der Waals surface area contributed by atoms with E-state index in [-0.39, 0.29) is 11.2 Å². The maximum absolute atomic E-state index is 14.0. The largest absolute Gasteiger partial charge is 0.339 e. The van der Waals surface area contributed by atoms with Crippen LogP contribution in [0.15, 0.2) is 37.8 Å². The lowest BCUT2D eigenvalue weighted by Gasteiger charge is -2.13. The van der Waals surface area contributed by atoms with E-state index < -0.39 is 16.9 Å². The molecule has 2 aromatic rings. The first-order valence-corrected chi connectivity index (χ1v) is 7.08. The molecule has 1 heterocycles.